The normalized spacial score (nSPS) is 28.5. The van der Waals surface area contributed by atoms with Crippen molar-refractivity contribution in [3.8, 4) is 0 Å². The summed E-state index contributed by atoms with van der Waals surface area (Å²) in [5.74, 6) is -1.96. The van der Waals surface area contributed by atoms with Crippen LogP contribution in [0.4, 0.5) is 0 Å². The monoisotopic (exact) mass is 435 g/mol. The molecule has 1 aliphatic heterocycles. The second kappa shape index (κ2) is 9.72. The van der Waals surface area contributed by atoms with Gasteiger partial charge in [0, 0.05) is 31.7 Å². The van der Waals surface area contributed by atoms with Gasteiger partial charge in [-0.2, -0.15) is 0 Å². The first-order chi connectivity index (χ1) is 14.4. The third-order valence-electron chi connectivity index (χ3n) is 6.39. The number of nitrogens with one attached hydrogen (secondary N) is 2. The molecule has 0 aromatic heterocycles. The standard InChI is InChI=1S/C24H41N3O4/c1-8-15-10-11-16-18(17(15)20(29)25-7)22(31)27(12-9-13-28)19(16)21(30)26-24(5,6)14-23(2,3)4/h10-11,15-19,28H,8-9,12-14H2,1-7H3,(H,25,29)(H,26,30)/t15-,16+,17-,18+,19+/m1/s1. The summed E-state index contributed by atoms with van der Waals surface area (Å²) < 4.78 is 0. The molecule has 0 spiro atoms. The highest BCUT2D eigenvalue weighted by molar-refractivity contribution is 5.97. The van der Waals surface area contributed by atoms with E-state index in [1.54, 1.807) is 11.9 Å². The molecule has 1 aliphatic carbocycles. The van der Waals surface area contributed by atoms with Crippen molar-refractivity contribution in [2.45, 2.75) is 72.4 Å². The van der Waals surface area contributed by atoms with Crippen molar-refractivity contribution in [2.75, 3.05) is 20.2 Å². The molecule has 0 saturated carbocycles. The predicted molar refractivity (Wildman–Crippen MR) is 121 cm³/mol. The first-order valence-electron chi connectivity index (χ1n) is 11.5. The zero-order valence-corrected chi connectivity index (χ0v) is 20.2. The maximum Gasteiger partial charge on any atom is 0.243 e. The van der Waals surface area contributed by atoms with E-state index in [2.05, 4.69) is 31.4 Å². The van der Waals surface area contributed by atoms with Gasteiger partial charge in [-0.05, 0) is 44.4 Å². The van der Waals surface area contributed by atoms with Crippen molar-refractivity contribution in [1.82, 2.24) is 15.5 Å². The van der Waals surface area contributed by atoms with Gasteiger partial charge in [0.25, 0.3) is 0 Å². The molecule has 2 rings (SSSR count). The number of rotatable bonds is 8. The molecule has 31 heavy (non-hydrogen) atoms. The van der Waals surface area contributed by atoms with Crippen LogP contribution in [-0.2, 0) is 14.4 Å². The maximum absolute atomic E-state index is 13.5. The molecule has 1 saturated heterocycles. The lowest BCUT2D eigenvalue weighted by Gasteiger charge is -2.37. The second-order valence-electron chi connectivity index (χ2n) is 10.9. The molecular weight excluding hydrogens is 394 g/mol. The summed E-state index contributed by atoms with van der Waals surface area (Å²) in [7, 11) is 1.59. The summed E-state index contributed by atoms with van der Waals surface area (Å²) >= 11 is 0. The van der Waals surface area contributed by atoms with Gasteiger partial charge in [-0.3, -0.25) is 14.4 Å². The van der Waals surface area contributed by atoms with E-state index < -0.39 is 23.4 Å². The Morgan fingerprint density at radius 2 is 1.77 bits per heavy atom. The number of nitrogens with zero attached hydrogens (tertiary/aromatic N) is 1. The number of fused-ring (bicyclic) bond motifs is 1. The Kier molecular flexibility index (Phi) is 7.95. The van der Waals surface area contributed by atoms with Gasteiger partial charge >= 0.3 is 0 Å². The highest BCUT2D eigenvalue weighted by Crippen LogP contribution is 2.45. The summed E-state index contributed by atoms with van der Waals surface area (Å²) in [4.78, 5) is 41.4. The molecule has 0 bridgehead atoms. The molecule has 0 aromatic rings. The van der Waals surface area contributed by atoms with E-state index in [1.165, 1.54) is 0 Å². The van der Waals surface area contributed by atoms with Crippen LogP contribution in [0.2, 0.25) is 0 Å². The minimum absolute atomic E-state index is 0.0325. The van der Waals surface area contributed by atoms with E-state index in [9.17, 15) is 19.5 Å². The van der Waals surface area contributed by atoms with Crippen LogP contribution in [0, 0.1) is 29.1 Å². The number of likely N-dealkylation sites (tertiary alicyclic amines) is 1. The first kappa shape index (κ1) is 25.4. The number of carbonyl (C=O) groups excluding carboxylic acids is 3. The first-order valence-corrected chi connectivity index (χ1v) is 11.5. The van der Waals surface area contributed by atoms with Gasteiger partial charge < -0.3 is 20.6 Å². The van der Waals surface area contributed by atoms with Gasteiger partial charge in [0.15, 0.2) is 0 Å². The lowest BCUT2D eigenvalue weighted by Crippen LogP contribution is -2.54. The molecule has 2 aliphatic rings. The molecule has 3 amide bonds. The minimum Gasteiger partial charge on any atom is -0.396 e. The zero-order chi connectivity index (χ0) is 23.6. The van der Waals surface area contributed by atoms with Gasteiger partial charge in [0.05, 0.1) is 11.8 Å². The van der Waals surface area contributed by atoms with E-state index >= 15 is 0 Å². The fourth-order valence-corrected chi connectivity index (χ4v) is 5.67. The maximum atomic E-state index is 13.5. The Morgan fingerprint density at radius 1 is 1.13 bits per heavy atom. The highest BCUT2D eigenvalue weighted by atomic mass is 16.3. The summed E-state index contributed by atoms with van der Waals surface area (Å²) in [5, 5.41) is 15.2. The summed E-state index contributed by atoms with van der Waals surface area (Å²) in [6, 6.07) is -0.676. The number of hydrogen-bond donors (Lipinski definition) is 3. The van der Waals surface area contributed by atoms with Crippen molar-refractivity contribution < 1.29 is 19.5 Å². The van der Waals surface area contributed by atoms with E-state index in [4.69, 9.17) is 0 Å². The molecule has 3 N–H and O–H groups in total. The third-order valence-corrected chi connectivity index (χ3v) is 6.39. The van der Waals surface area contributed by atoms with Crippen molar-refractivity contribution in [3.05, 3.63) is 12.2 Å². The molecule has 5 atom stereocenters. The Morgan fingerprint density at radius 3 is 2.29 bits per heavy atom. The molecule has 0 unspecified atom stereocenters. The van der Waals surface area contributed by atoms with E-state index in [-0.39, 0.29) is 41.6 Å². The van der Waals surface area contributed by atoms with Crippen LogP contribution in [-0.4, -0.2) is 59.5 Å². The van der Waals surface area contributed by atoms with Crippen LogP contribution >= 0.6 is 0 Å². The third kappa shape index (κ3) is 5.68. The molecule has 1 heterocycles. The molecule has 176 valence electrons. The lowest BCUT2D eigenvalue weighted by atomic mass is 9.68. The summed E-state index contributed by atoms with van der Waals surface area (Å²) in [6.45, 7) is 12.6. The number of aliphatic hydroxyl groups excluding tert-OH is 1. The average Bonchev–Trinajstić information content (AvgIpc) is 2.94. The van der Waals surface area contributed by atoms with Gasteiger partial charge in [-0.15, -0.1) is 0 Å². The van der Waals surface area contributed by atoms with Crippen LogP contribution in [0.15, 0.2) is 12.2 Å². The van der Waals surface area contributed by atoms with Crippen LogP contribution in [0.5, 0.6) is 0 Å². The van der Waals surface area contributed by atoms with Gasteiger partial charge in [-0.1, -0.05) is 39.8 Å². The largest absolute Gasteiger partial charge is 0.396 e. The minimum atomic E-state index is -0.676. The number of aliphatic hydroxyl groups is 1. The molecule has 0 radical (unpaired) electrons. The smallest absolute Gasteiger partial charge is 0.243 e. The van der Waals surface area contributed by atoms with Crippen LogP contribution in [0.25, 0.3) is 0 Å². The van der Waals surface area contributed by atoms with Gasteiger partial charge in [0.1, 0.15) is 6.04 Å². The fourth-order valence-electron chi connectivity index (χ4n) is 5.67. The van der Waals surface area contributed by atoms with Crippen LogP contribution in [0.3, 0.4) is 0 Å². The Bertz CT molecular complexity index is 710. The van der Waals surface area contributed by atoms with Gasteiger partial charge in [-0.25, -0.2) is 0 Å². The summed E-state index contributed by atoms with van der Waals surface area (Å²) in [6.07, 6.45) is 5.90. The second-order valence-corrected chi connectivity index (χ2v) is 10.9. The van der Waals surface area contributed by atoms with E-state index in [0.29, 0.717) is 13.0 Å². The topological polar surface area (TPSA) is 98.7 Å². The number of amides is 3. The van der Waals surface area contributed by atoms with Crippen molar-refractivity contribution in [1.29, 1.82) is 0 Å². The van der Waals surface area contributed by atoms with Crippen molar-refractivity contribution in [2.24, 2.45) is 29.1 Å². The van der Waals surface area contributed by atoms with Crippen molar-refractivity contribution in [3.63, 3.8) is 0 Å². The van der Waals surface area contributed by atoms with Gasteiger partial charge in [0.2, 0.25) is 17.7 Å². The Labute approximate surface area is 187 Å². The molecular formula is C24H41N3O4. The number of allylic oxidation sites excluding steroid dienone is 1. The summed E-state index contributed by atoms with van der Waals surface area (Å²) in [5.41, 5.74) is -0.408. The number of hydrogen-bond acceptors (Lipinski definition) is 4. The Hall–Kier alpha value is -1.89. The molecule has 7 heteroatoms. The zero-order valence-electron chi connectivity index (χ0n) is 20.2. The predicted octanol–water partition coefficient (Wildman–Crippen LogP) is 2.10. The Balaban J connectivity index is 2.40. The number of carbonyl (C=O) groups is 3. The van der Waals surface area contributed by atoms with Crippen molar-refractivity contribution >= 4 is 17.7 Å². The lowest BCUT2D eigenvalue weighted by molar-refractivity contribution is -0.141. The highest BCUT2D eigenvalue weighted by Gasteiger charge is 2.57. The van der Waals surface area contributed by atoms with Crippen LogP contribution in [0.1, 0.15) is 60.8 Å². The molecule has 7 nitrogen and oxygen atoms in total. The quantitative estimate of drug-likeness (QED) is 0.509. The average molecular weight is 436 g/mol. The fraction of sp³-hybridized carbons (Fsp3) is 0.792. The van der Waals surface area contributed by atoms with E-state index in [0.717, 1.165) is 12.8 Å². The molecule has 0 aromatic carbocycles. The van der Waals surface area contributed by atoms with E-state index in [1.807, 2.05) is 32.9 Å². The van der Waals surface area contributed by atoms with Crippen LogP contribution < -0.4 is 10.6 Å². The SMILES string of the molecule is CC[C@@H]1C=C[C@H]2[C@H](C(=O)N(CCCO)[C@@H]2C(=O)NC(C)(C)CC(C)(C)C)[C@@H]1C(=O)NC. The molecule has 1 fully saturated rings.